The van der Waals surface area contributed by atoms with Crippen molar-refractivity contribution in [3.05, 3.63) is 66.4 Å². The van der Waals surface area contributed by atoms with E-state index in [-0.39, 0.29) is 18.0 Å². The highest BCUT2D eigenvalue weighted by Gasteiger charge is 2.32. The Labute approximate surface area is 215 Å². The van der Waals surface area contributed by atoms with Crippen molar-refractivity contribution in [1.82, 2.24) is 14.8 Å². The van der Waals surface area contributed by atoms with Gasteiger partial charge in [0.2, 0.25) is 0 Å². The van der Waals surface area contributed by atoms with Gasteiger partial charge in [0.1, 0.15) is 24.8 Å². The Morgan fingerprint density at radius 1 is 1.08 bits per heavy atom. The van der Waals surface area contributed by atoms with Crippen LogP contribution < -0.4 is 9.64 Å². The van der Waals surface area contributed by atoms with Crippen molar-refractivity contribution in [3.63, 3.8) is 0 Å². The monoisotopic (exact) mass is 518 g/mol. The lowest BCUT2D eigenvalue weighted by atomic mass is 10.0. The van der Waals surface area contributed by atoms with Crippen molar-refractivity contribution in [1.29, 1.82) is 0 Å². The molecule has 0 N–H and O–H groups in total. The number of rotatable bonds is 8. The van der Waals surface area contributed by atoms with E-state index in [0.29, 0.717) is 39.4 Å². The molecular formula is C27H33F3N4O3. The molecule has 1 unspecified atom stereocenters. The summed E-state index contributed by atoms with van der Waals surface area (Å²) in [6.45, 7) is 7.67. The molecular weight excluding hydrogens is 485 g/mol. The van der Waals surface area contributed by atoms with Crippen LogP contribution in [0.3, 0.4) is 0 Å². The van der Waals surface area contributed by atoms with Crippen LogP contribution >= 0.6 is 0 Å². The van der Waals surface area contributed by atoms with Crippen molar-refractivity contribution in [2.45, 2.75) is 38.0 Å². The normalized spacial score (nSPS) is 18.9. The third kappa shape index (κ3) is 7.38. The summed E-state index contributed by atoms with van der Waals surface area (Å²) in [5, 5.41) is 0. The van der Waals surface area contributed by atoms with E-state index in [1.165, 1.54) is 11.8 Å². The summed E-state index contributed by atoms with van der Waals surface area (Å²) in [6.07, 6.45) is 1.24. The van der Waals surface area contributed by atoms with Crippen molar-refractivity contribution in [3.8, 4) is 5.75 Å². The van der Waals surface area contributed by atoms with Gasteiger partial charge in [-0.1, -0.05) is 31.2 Å². The Morgan fingerprint density at radius 3 is 2.54 bits per heavy atom. The van der Waals surface area contributed by atoms with E-state index in [9.17, 15) is 18.0 Å². The molecule has 3 heterocycles. The van der Waals surface area contributed by atoms with Gasteiger partial charge in [-0.25, -0.2) is 9.78 Å². The second-order valence-electron chi connectivity index (χ2n) is 9.32. The molecule has 0 spiro atoms. The molecule has 2 aliphatic heterocycles. The highest BCUT2D eigenvalue weighted by molar-refractivity contribution is 5.68. The number of amides is 1. The number of piperazine rings is 1. The van der Waals surface area contributed by atoms with Crippen LogP contribution in [0.25, 0.3) is 0 Å². The molecule has 0 radical (unpaired) electrons. The van der Waals surface area contributed by atoms with E-state index in [1.807, 2.05) is 12.1 Å². The summed E-state index contributed by atoms with van der Waals surface area (Å²) in [4.78, 5) is 22.5. The highest BCUT2D eigenvalue weighted by atomic mass is 19.4. The van der Waals surface area contributed by atoms with E-state index in [4.69, 9.17) is 9.47 Å². The average Bonchev–Trinajstić information content (AvgIpc) is 2.92. The quantitative estimate of drug-likeness (QED) is 0.460. The fourth-order valence-corrected chi connectivity index (χ4v) is 4.68. The molecule has 1 aromatic heterocycles. The third-order valence-corrected chi connectivity index (χ3v) is 6.76. The first-order valence-corrected chi connectivity index (χ1v) is 12.6. The van der Waals surface area contributed by atoms with Gasteiger partial charge < -0.3 is 19.3 Å². The van der Waals surface area contributed by atoms with Crippen LogP contribution in [0.2, 0.25) is 0 Å². The van der Waals surface area contributed by atoms with Gasteiger partial charge in [-0.15, -0.1) is 0 Å². The van der Waals surface area contributed by atoms with Crippen LogP contribution in [0.4, 0.5) is 23.8 Å². The molecule has 37 heavy (non-hydrogen) atoms. The lowest BCUT2D eigenvalue weighted by Crippen LogP contribution is -2.50. The van der Waals surface area contributed by atoms with Crippen molar-refractivity contribution in [2.24, 2.45) is 0 Å². The van der Waals surface area contributed by atoms with Gasteiger partial charge >= 0.3 is 12.3 Å². The van der Waals surface area contributed by atoms with E-state index < -0.39 is 11.7 Å². The van der Waals surface area contributed by atoms with Crippen LogP contribution in [-0.2, 0) is 17.5 Å². The Morgan fingerprint density at radius 2 is 1.84 bits per heavy atom. The maximum Gasteiger partial charge on any atom is 0.416 e. The number of aromatic nitrogens is 1. The second-order valence-corrected chi connectivity index (χ2v) is 9.32. The topological polar surface area (TPSA) is 58.1 Å². The number of halogens is 3. The maximum absolute atomic E-state index is 13.0. The molecule has 4 rings (SSSR count). The minimum Gasteiger partial charge on any atom is -0.490 e. The van der Waals surface area contributed by atoms with Crippen LogP contribution in [0.5, 0.6) is 5.75 Å². The molecule has 0 bridgehead atoms. The number of anilines is 1. The molecule has 0 saturated carbocycles. The molecule has 200 valence electrons. The zero-order valence-electron chi connectivity index (χ0n) is 20.8. The first-order valence-electron chi connectivity index (χ1n) is 12.6. The molecule has 1 atom stereocenters. The van der Waals surface area contributed by atoms with Crippen molar-refractivity contribution in [2.75, 3.05) is 50.8 Å². The Balaban J connectivity index is 1.25. The van der Waals surface area contributed by atoms with Crippen LogP contribution in [0, 0.1) is 0 Å². The van der Waals surface area contributed by atoms with E-state index in [1.54, 1.807) is 15.9 Å². The van der Waals surface area contributed by atoms with Crippen LogP contribution in [0.1, 0.15) is 30.4 Å². The molecule has 2 aliphatic rings. The first kappa shape index (κ1) is 26.8. The van der Waals surface area contributed by atoms with Gasteiger partial charge in [0, 0.05) is 45.0 Å². The zero-order chi connectivity index (χ0) is 26.3. The highest BCUT2D eigenvalue weighted by Crippen LogP contribution is 2.31. The van der Waals surface area contributed by atoms with Gasteiger partial charge in [0.25, 0.3) is 0 Å². The molecule has 2 fully saturated rings. The molecule has 0 aliphatic carbocycles. The molecule has 2 saturated heterocycles. The molecule has 10 heteroatoms. The summed E-state index contributed by atoms with van der Waals surface area (Å²) in [6, 6.07) is 10.2. The lowest BCUT2D eigenvalue weighted by Gasteiger charge is -2.37. The van der Waals surface area contributed by atoms with Gasteiger partial charge in [-0.05, 0) is 49.2 Å². The number of hydrogen-bond donors (Lipinski definition) is 0. The lowest BCUT2D eigenvalue weighted by molar-refractivity contribution is -0.137. The average molecular weight is 519 g/mol. The standard InChI is InChI=1S/C27H33F3N4O3/c1-2-17-36-24-8-6-21(7-9-24)19-34-12-4-3-5-23(34)20-37-26(35)33-15-13-32(14-16-33)25-18-22(10-11-31-25)27(28,29)30/h2,6-11,18,23H,1,3-5,12-17,19-20H2. The van der Waals surface area contributed by atoms with Crippen LogP contribution in [0.15, 0.2) is 55.3 Å². The van der Waals surface area contributed by atoms with Crippen LogP contribution in [-0.4, -0.2) is 72.9 Å². The van der Waals surface area contributed by atoms with E-state index >= 15 is 0 Å². The SMILES string of the molecule is C=CCOc1ccc(CN2CCCCC2COC(=O)N2CCN(c3cc(C(F)(F)F)ccn3)CC2)cc1. The summed E-state index contributed by atoms with van der Waals surface area (Å²) in [5.74, 6) is 1.07. The van der Waals surface area contributed by atoms with Crippen molar-refractivity contribution >= 4 is 11.9 Å². The second kappa shape index (κ2) is 12.3. The predicted octanol–water partition coefficient (Wildman–Crippen LogP) is 4.98. The summed E-state index contributed by atoms with van der Waals surface area (Å²) < 4.78 is 50.3. The third-order valence-electron chi connectivity index (χ3n) is 6.76. The fourth-order valence-electron chi connectivity index (χ4n) is 4.68. The van der Waals surface area contributed by atoms with Gasteiger partial charge in [-0.3, -0.25) is 4.90 Å². The molecule has 2 aromatic rings. The molecule has 1 amide bonds. The minimum absolute atomic E-state index is 0.144. The maximum atomic E-state index is 13.0. The summed E-state index contributed by atoms with van der Waals surface area (Å²) >= 11 is 0. The Bertz CT molecular complexity index is 1040. The number of nitrogens with zero attached hydrogens (tertiary/aromatic N) is 4. The van der Waals surface area contributed by atoms with Gasteiger partial charge in [0.15, 0.2) is 0 Å². The fraction of sp³-hybridized carbons (Fsp3) is 0.481. The number of ether oxygens (including phenoxy) is 2. The summed E-state index contributed by atoms with van der Waals surface area (Å²) in [5.41, 5.74) is 0.442. The number of carbonyl (C=O) groups excluding carboxylic acids is 1. The number of likely N-dealkylation sites (tertiary alicyclic amines) is 1. The largest absolute Gasteiger partial charge is 0.490 e. The number of benzene rings is 1. The number of piperidine rings is 1. The van der Waals surface area contributed by atoms with Gasteiger partial charge in [0.05, 0.1) is 5.56 Å². The minimum atomic E-state index is -4.42. The molecule has 1 aromatic carbocycles. The number of hydrogen-bond acceptors (Lipinski definition) is 6. The number of carbonyl (C=O) groups is 1. The first-order chi connectivity index (χ1) is 17.8. The summed E-state index contributed by atoms with van der Waals surface area (Å²) in [7, 11) is 0. The van der Waals surface area contributed by atoms with Gasteiger partial charge in [-0.2, -0.15) is 13.2 Å². The predicted molar refractivity (Wildman–Crippen MR) is 135 cm³/mol. The number of alkyl halides is 3. The Kier molecular flexibility index (Phi) is 8.91. The molecule has 7 nitrogen and oxygen atoms in total. The smallest absolute Gasteiger partial charge is 0.416 e. The van der Waals surface area contributed by atoms with E-state index in [0.717, 1.165) is 50.2 Å². The number of pyridine rings is 1. The zero-order valence-corrected chi connectivity index (χ0v) is 20.8. The Hall–Kier alpha value is -3.27. The van der Waals surface area contributed by atoms with Crippen molar-refractivity contribution < 1.29 is 27.4 Å². The van der Waals surface area contributed by atoms with E-state index in [2.05, 4.69) is 28.6 Å².